The van der Waals surface area contributed by atoms with Gasteiger partial charge in [0.1, 0.15) is 0 Å². The molecule has 2 atom stereocenters. The van der Waals surface area contributed by atoms with E-state index in [9.17, 15) is 13.2 Å². The molecule has 0 bridgehead atoms. The number of ether oxygens (including phenoxy) is 1. The molecule has 0 radical (unpaired) electrons. The van der Waals surface area contributed by atoms with Gasteiger partial charge in [-0.2, -0.15) is 18.3 Å². The zero-order chi connectivity index (χ0) is 15.6. The standard InChI is InChI=1S/C15H15F3N2OS/c16-15(17,18)11-3-1-4-12(9-11)22-13-5-8-21-14(10-13)20-7-2-6-19-20/h1-4,6-7,9,13-14H,5,8,10H2. The van der Waals surface area contributed by atoms with Crippen molar-refractivity contribution in [2.75, 3.05) is 6.61 Å². The molecule has 1 aliphatic heterocycles. The minimum Gasteiger partial charge on any atom is -0.356 e. The molecule has 3 rings (SSSR count). The predicted octanol–water partition coefficient (Wildman–Crippen LogP) is 4.37. The van der Waals surface area contributed by atoms with E-state index in [1.54, 1.807) is 16.9 Å². The first-order chi connectivity index (χ1) is 10.5. The van der Waals surface area contributed by atoms with E-state index in [-0.39, 0.29) is 11.5 Å². The third kappa shape index (κ3) is 3.64. The van der Waals surface area contributed by atoms with Crippen LogP contribution in [0.4, 0.5) is 13.2 Å². The maximum atomic E-state index is 12.8. The first-order valence-electron chi connectivity index (χ1n) is 6.97. The highest BCUT2D eigenvalue weighted by atomic mass is 32.2. The average Bonchev–Trinajstić information content (AvgIpc) is 3.01. The largest absolute Gasteiger partial charge is 0.416 e. The third-order valence-electron chi connectivity index (χ3n) is 3.50. The molecule has 2 unspecified atom stereocenters. The summed E-state index contributed by atoms with van der Waals surface area (Å²) in [5.74, 6) is 0. The second-order valence-electron chi connectivity index (χ2n) is 5.10. The number of nitrogens with zero attached hydrogens (tertiary/aromatic N) is 2. The van der Waals surface area contributed by atoms with E-state index in [4.69, 9.17) is 4.74 Å². The van der Waals surface area contributed by atoms with E-state index in [1.165, 1.54) is 23.9 Å². The molecule has 0 N–H and O–H groups in total. The molecule has 0 saturated carbocycles. The van der Waals surface area contributed by atoms with Gasteiger partial charge in [-0.3, -0.25) is 0 Å². The van der Waals surface area contributed by atoms with Crippen molar-refractivity contribution in [3.05, 3.63) is 48.3 Å². The van der Waals surface area contributed by atoms with Gasteiger partial charge >= 0.3 is 6.18 Å². The van der Waals surface area contributed by atoms with Gasteiger partial charge < -0.3 is 4.74 Å². The van der Waals surface area contributed by atoms with Crippen LogP contribution >= 0.6 is 11.8 Å². The molecule has 0 spiro atoms. The molecular formula is C15H15F3N2OS. The zero-order valence-corrected chi connectivity index (χ0v) is 12.5. The average molecular weight is 328 g/mol. The Balaban J connectivity index is 1.68. The summed E-state index contributed by atoms with van der Waals surface area (Å²) in [6.07, 6.45) is 0.618. The fourth-order valence-electron chi connectivity index (χ4n) is 2.43. The molecule has 22 heavy (non-hydrogen) atoms. The summed E-state index contributed by atoms with van der Waals surface area (Å²) in [6, 6.07) is 7.31. The Morgan fingerprint density at radius 2 is 2.14 bits per heavy atom. The lowest BCUT2D eigenvalue weighted by Crippen LogP contribution is -2.26. The maximum absolute atomic E-state index is 12.8. The van der Waals surface area contributed by atoms with Crippen LogP contribution in [0, 0.1) is 0 Å². The highest BCUT2D eigenvalue weighted by Gasteiger charge is 2.31. The van der Waals surface area contributed by atoms with Gasteiger partial charge in [0.25, 0.3) is 0 Å². The molecule has 2 aromatic rings. The second kappa shape index (κ2) is 6.34. The summed E-state index contributed by atoms with van der Waals surface area (Å²) in [7, 11) is 0. The Morgan fingerprint density at radius 3 is 2.86 bits per heavy atom. The van der Waals surface area contributed by atoms with Crippen molar-refractivity contribution in [3.8, 4) is 0 Å². The van der Waals surface area contributed by atoms with Crippen LogP contribution in [-0.4, -0.2) is 21.6 Å². The van der Waals surface area contributed by atoms with Crippen LogP contribution in [0.25, 0.3) is 0 Å². The number of alkyl halides is 3. The van der Waals surface area contributed by atoms with Gasteiger partial charge in [0.05, 0.1) is 12.2 Å². The van der Waals surface area contributed by atoms with Crippen molar-refractivity contribution in [3.63, 3.8) is 0 Å². The fraction of sp³-hybridized carbons (Fsp3) is 0.400. The Bertz CT molecular complexity index is 616. The van der Waals surface area contributed by atoms with E-state index in [0.717, 1.165) is 18.9 Å². The Hall–Kier alpha value is -1.47. The highest BCUT2D eigenvalue weighted by molar-refractivity contribution is 8.00. The van der Waals surface area contributed by atoms with Crippen LogP contribution in [0.5, 0.6) is 0 Å². The van der Waals surface area contributed by atoms with E-state index < -0.39 is 11.7 Å². The van der Waals surface area contributed by atoms with Gasteiger partial charge in [0.15, 0.2) is 6.23 Å². The lowest BCUT2D eigenvalue weighted by atomic mass is 10.2. The SMILES string of the molecule is FC(F)(F)c1cccc(SC2CCOC(n3cccn3)C2)c1. The van der Waals surface area contributed by atoms with Crippen LogP contribution < -0.4 is 0 Å². The van der Waals surface area contributed by atoms with Gasteiger partial charge in [0.2, 0.25) is 0 Å². The van der Waals surface area contributed by atoms with Crippen molar-refractivity contribution in [2.45, 2.75) is 35.4 Å². The number of halogens is 3. The molecule has 1 aromatic carbocycles. The van der Waals surface area contributed by atoms with Crippen LogP contribution in [0.15, 0.2) is 47.6 Å². The Morgan fingerprint density at radius 1 is 1.27 bits per heavy atom. The summed E-state index contributed by atoms with van der Waals surface area (Å²) in [4.78, 5) is 0.640. The van der Waals surface area contributed by atoms with Crippen molar-refractivity contribution < 1.29 is 17.9 Å². The molecule has 2 heterocycles. The molecule has 7 heteroatoms. The second-order valence-corrected chi connectivity index (χ2v) is 6.48. The van der Waals surface area contributed by atoms with Crippen LogP contribution in [0.3, 0.4) is 0 Å². The molecular weight excluding hydrogens is 313 g/mol. The number of thioether (sulfide) groups is 1. The quantitative estimate of drug-likeness (QED) is 0.837. The number of rotatable bonds is 3. The maximum Gasteiger partial charge on any atom is 0.416 e. The van der Waals surface area contributed by atoms with Crippen LogP contribution in [0.2, 0.25) is 0 Å². The Kier molecular flexibility index (Phi) is 4.44. The molecule has 118 valence electrons. The fourth-order valence-corrected chi connectivity index (χ4v) is 3.64. The molecule has 0 aliphatic carbocycles. The lowest BCUT2D eigenvalue weighted by Gasteiger charge is -2.29. The summed E-state index contributed by atoms with van der Waals surface area (Å²) in [5, 5.41) is 4.38. The molecule has 1 saturated heterocycles. The summed E-state index contributed by atoms with van der Waals surface area (Å²) in [6.45, 7) is 0.584. The molecule has 0 amide bonds. The van der Waals surface area contributed by atoms with Gasteiger partial charge in [-0.1, -0.05) is 6.07 Å². The Labute approximate surface area is 130 Å². The van der Waals surface area contributed by atoms with Crippen LogP contribution in [0.1, 0.15) is 24.6 Å². The summed E-state index contributed by atoms with van der Waals surface area (Å²) < 4.78 is 45.7. The lowest BCUT2D eigenvalue weighted by molar-refractivity contribution is -0.137. The van der Waals surface area contributed by atoms with Gasteiger partial charge in [-0.05, 0) is 30.7 Å². The van der Waals surface area contributed by atoms with Gasteiger partial charge in [0, 0.05) is 29.0 Å². The van der Waals surface area contributed by atoms with E-state index in [2.05, 4.69) is 5.10 Å². The first-order valence-corrected chi connectivity index (χ1v) is 7.85. The smallest absolute Gasteiger partial charge is 0.356 e. The summed E-state index contributed by atoms with van der Waals surface area (Å²) >= 11 is 1.47. The minimum absolute atomic E-state index is 0.146. The monoisotopic (exact) mass is 328 g/mol. The highest BCUT2D eigenvalue weighted by Crippen LogP contribution is 2.37. The van der Waals surface area contributed by atoms with Crippen molar-refractivity contribution in [2.24, 2.45) is 0 Å². The van der Waals surface area contributed by atoms with Gasteiger partial charge in [-0.15, -0.1) is 11.8 Å². The molecule has 1 aromatic heterocycles. The first kappa shape index (κ1) is 15.4. The van der Waals surface area contributed by atoms with Crippen molar-refractivity contribution in [1.29, 1.82) is 0 Å². The number of hydrogen-bond donors (Lipinski definition) is 0. The molecule has 1 fully saturated rings. The van der Waals surface area contributed by atoms with E-state index in [1.807, 2.05) is 12.3 Å². The molecule has 1 aliphatic rings. The number of benzene rings is 1. The normalized spacial score (nSPS) is 22.7. The van der Waals surface area contributed by atoms with Crippen molar-refractivity contribution >= 4 is 11.8 Å². The van der Waals surface area contributed by atoms with Gasteiger partial charge in [-0.25, -0.2) is 4.68 Å². The minimum atomic E-state index is -4.30. The number of hydrogen-bond acceptors (Lipinski definition) is 3. The van der Waals surface area contributed by atoms with E-state index in [0.29, 0.717) is 11.5 Å². The van der Waals surface area contributed by atoms with Crippen LogP contribution in [-0.2, 0) is 10.9 Å². The summed E-state index contributed by atoms with van der Waals surface area (Å²) in [5.41, 5.74) is -0.604. The third-order valence-corrected chi connectivity index (χ3v) is 4.79. The molecule has 3 nitrogen and oxygen atoms in total. The zero-order valence-electron chi connectivity index (χ0n) is 11.7. The number of aromatic nitrogens is 2. The topological polar surface area (TPSA) is 27.1 Å². The van der Waals surface area contributed by atoms with E-state index >= 15 is 0 Å². The van der Waals surface area contributed by atoms with Crippen molar-refractivity contribution in [1.82, 2.24) is 9.78 Å². The predicted molar refractivity (Wildman–Crippen MR) is 77.5 cm³/mol.